The van der Waals surface area contributed by atoms with Crippen LogP contribution in [0.5, 0.6) is 0 Å². The van der Waals surface area contributed by atoms with Crippen molar-refractivity contribution in [1.29, 1.82) is 0 Å². The van der Waals surface area contributed by atoms with E-state index in [1.54, 1.807) is 0 Å². The summed E-state index contributed by atoms with van der Waals surface area (Å²) in [5.74, 6) is 1.86. The molecule has 100 valence electrons. The molecule has 0 radical (unpaired) electrons. The number of rotatable bonds is 5. The van der Waals surface area contributed by atoms with E-state index in [-0.39, 0.29) is 0 Å². The third-order valence-electron chi connectivity index (χ3n) is 3.68. The van der Waals surface area contributed by atoms with Crippen molar-refractivity contribution in [3.05, 3.63) is 17.8 Å². The first kappa shape index (κ1) is 13.3. The number of hydrogen-bond acceptors (Lipinski definition) is 4. The molecule has 0 aliphatic carbocycles. The number of hydrogen-bond donors (Lipinski definition) is 1. The van der Waals surface area contributed by atoms with Gasteiger partial charge in [-0.05, 0) is 37.4 Å². The maximum atomic E-state index is 4.36. The van der Waals surface area contributed by atoms with Crippen LogP contribution in [0.2, 0.25) is 0 Å². The van der Waals surface area contributed by atoms with E-state index in [1.165, 1.54) is 19.3 Å². The van der Waals surface area contributed by atoms with Crippen molar-refractivity contribution in [2.24, 2.45) is 5.92 Å². The van der Waals surface area contributed by atoms with Crippen LogP contribution >= 0.6 is 0 Å². The largest absolute Gasteiger partial charge is 0.355 e. The summed E-state index contributed by atoms with van der Waals surface area (Å²) in [7, 11) is 0. The van der Waals surface area contributed by atoms with E-state index >= 15 is 0 Å². The van der Waals surface area contributed by atoms with Gasteiger partial charge < -0.3 is 10.2 Å². The second-order valence-electron chi connectivity index (χ2n) is 5.03. The van der Waals surface area contributed by atoms with Crippen LogP contribution in [0, 0.1) is 5.92 Å². The monoisotopic (exact) mass is 248 g/mol. The van der Waals surface area contributed by atoms with Crippen LogP contribution in [0.3, 0.4) is 0 Å². The minimum Gasteiger partial charge on any atom is -0.355 e. The Hall–Kier alpha value is -1.16. The van der Waals surface area contributed by atoms with Crippen molar-refractivity contribution in [1.82, 2.24) is 15.5 Å². The molecule has 0 spiro atoms. The molecule has 0 bridgehead atoms. The number of aromatic nitrogens is 2. The quantitative estimate of drug-likeness (QED) is 0.867. The Morgan fingerprint density at radius 1 is 1.33 bits per heavy atom. The molecule has 1 atom stereocenters. The van der Waals surface area contributed by atoms with E-state index in [2.05, 4.69) is 46.4 Å². The minimum absolute atomic E-state index is 0.807. The van der Waals surface area contributed by atoms with Gasteiger partial charge in [0.05, 0.1) is 5.69 Å². The Morgan fingerprint density at radius 2 is 2.22 bits per heavy atom. The van der Waals surface area contributed by atoms with Crippen LogP contribution in [0.1, 0.15) is 38.8 Å². The Balaban J connectivity index is 1.96. The fraction of sp³-hybridized carbons (Fsp3) is 0.714. The zero-order chi connectivity index (χ0) is 12.8. The lowest BCUT2D eigenvalue weighted by Gasteiger charge is -2.32. The van der Waals surface area contributed by atoms with E-state index in [9.17, 15) is 0 Å². The smallest absolute Gasteiger partial charge is 0.151 e. The minimum atomic E-state index is 0.807. The maximum absolute atomic E-state index is 4.36. The van der Waals surface area contributed by atoms with Gasteiger partial charge in [-0.15, -0.1) is 5.10 Å². The molecule has 1 saturated heterocycles. The van der Waals surface area contributed by atoms with Gasteiger partial charge in [0.1, 0.15) is 0 Å². The maximum Gasteiger partial charge on any atom is 0.151 e. The highest BCUT2D eigenvalue weighted by Gasteiger charge is 2.19. The van der Waals surface area contributed by atoms with Crippen molar-refractivity contribution < 1.29 is 0 Å². The molecule has 2 heterocycles. The molecule has 4 heteroatoms. The predicted molar refractivity (Wildman–Crippen MR) is 74.6 cm³/mol. The van der Waals surface area contributed by atoms with Crippen molar-refractivity contribution in [2.75, 3.05) is 24.5 Å². The van der Waals surface area contributed by atoms with Crippen LogP contribution in [0.4, 0.5) is 5.82 Å². The molecule has 0 aromatic carbocycles. The summed E-state index contributed by atoms with van der Waals surface area (Å²) >= 11 is 0. The van der Waals surface area contributed by atoms with Crippen LogP contribution < -0.4 is 10.2 Å². The zero-order valence-electron chi connectivity index (χ0n) is 11.5. The summed E-state index contributed by atoms with van der Waals surface area (Å²) in [5.41, 5.74) is 1.02. The molecule has 1 aromatic rings. The lowest BCUT2D eigenvalue weighted by atomic mass is 9.96. The average molecular weight is 248 g/mol. The highest BCUT2D eigenvalue weighted by molar-refractivity contribution is 5.37. The summed E-state index contributed by atoms with van der Waals surface area (Å²) in [6.07, 6.45) is 3.90. The van der Waals surface area contributed by atoms with Crippen molar-refractivity contribution in [3.8, 4) is 0 Å². The van der Waals surface area contributed by atoms with Crippen LogP contribution in [0.15, 0.2) is 12.1 Å². The molecular formula is C14H24N4. The second kappa shape index (κ2) is 6.69. The molecule has 0 amide bonds. The third kappa shape index (κ3) is 3.42. The van der Waals surface area contributed by atoms with Crippen molar-refractivity contribution in [2.45, 2.75) is 39.7 Å². The summed E-state index contributed by atoms with van der Waals surface area (Å²) in [6.45, 7) is 8.41. The average Bonchev–Trinajstić information content (AvgIpc) is 2.46. The molecule has 18 heavy (non-hydrogen) atoms. The highest BCUT2D eigenvalue weighted by atomic mass is 15.3. The lowest BCUT2D eigenvalue weighted by Crippen LogP contribution is -2.35. The van der Waals surface area contributed by atoms with Gasteiger partial charge >= 0.3 is 0 Å². The molecule has 1 fully saturated rings. The first-order valence-electron chi connectivity index (χ1n) is 7.11. The zero-order valence-corrected chi connectivity index (χ0v) is 11.5. The molecule has 1 unspecified atom stereocenters. The van der Waals surface area contributed by atoms with Gasteiger partial charge in [-0.1, -0.05) is 20.3 Å². The van der Waals surface area contributed by atoms with Gasteiger partial charge in [-0.25, -0.2) is 0 Å². The Kier molecular flexibility index (Phi) is 4.93. The van der Waals surface area contributed by atoms with Crippen molar-refractivity contribution in [3.63, 3.8) is 0 Å². The second-order valence-corrected chi connectivity index (χ2v) is 5.03. The molecule has 1 N–H and O–H groups in total. The Morgan fingerprint density at radius 3 is 2.89 bits per heavy atom. The Labute approximate surface area is 110 Å². The number of anilines is 1. The standard InChI is InChI=1S/C14H24N4/c1-3-12-6-5-9-18(11-12)14-8-7-13(16-17-14)10-15-4-2/h7-8,12,15H,3-6,9-11H2,1-2H3. The fourth-order valence-corrected chi connectivity index (χ4v) is 2.48. The van der Waals surface area contributed by atoms with E-state index in [0.29, 0.717) is 0 Å². The van der Waals surface area contributed by atoms with Crippen LogP contribution in [-0.4, -0.2) is 29.8 Å². The van der Waals surface area contributed by atoms with Gasteiger partial charge in [0.25, 0.3) is 0 Å². The van der Waals surface area contributed by atoms with Crippen LogP contribution in [0.25, 0.3) is 0 Å². The molecular weight excluding hydrogens is 224 g/mol. The number of piperidine rings is 1. The molecule has 2 rings (SSSR count). The SMILES string of the molecule is CCNCc1ccc(N2CCCC(CC)C2)nn1. The predicted octanol–water partition coefficient (Wildman–Crippen LogP) is 2.21. The summed E-state index contributed by atoms with van der Waals surface area (Å²) in [4.78, 5) is 2.38. The van der Waals surface area contributed by atoms with Gasteiger partial charge in [0.2, 0.25) is 0 Å². The van der Waals surface area contributed by atoms with Gasteiger partial charge in [0, 0.05) is 19.6 Å². The molecule has 1 aliphatic heterocycles. The van der Waals surface area contributed by atoms with Gasteiger partial charge in [-0.2, -0.15) is 5.10 Å². The molecule has 4 nitrogen and oxygen atoms in total. The fourth-order valence-electron chi connectivity index (χ4n) is 2.48. The first-order chi connectivity index (χ1) is 8.83. The summed E-state index contributed by atoms with van der Waals surface area (Å²) in [6, 6.07) is 4.19. The van der Waals surface area contributed by atoms with Gasteiger partial charge in [-0.3, -0.25) is 0 Å². The van der Waals surface area contributed by atoms with E-state index in [0.717, 1.165) is 43.6 Å². The number of nitrogens with one attached hydrogen (secondary N) is 1. The van der Waals surface area contributed by atoms with E-state index in [4.69, 9.17) is 0 Å². The normalized spacial score (nSPS) is 20.1. The van der Waals surface area contributed by atoms with Crippen LogP contribution in [-0.2, 0) is 6.54 Å². The van der Waals surface area contributed by atoms with E-state index < -0.39 is 0 Å². The molecule has 0 saturated carbocycles. The van der Waals surface area contributed by atoms with E-state index in [1.807, 2.05) is 0 Å². The summed E-state index contributed by atoms with van der Waals surface area (Å²) in [5, 5.41) is 11.9. The lowest BCUT2D eigenvalue weighted by molar-refractivity contribution is 0.402. The van der Waals surface area contributed by atoms with Gasteiger partial charge in [0.15, 0.2) is 5.82 Å². The molecule has 1 aromatic heterocycles. The third-order valence-corrected chi connectivity index (χ3v) is 3.68. The summed E-state index contributed by atoms with van der Waals surface area (Å²) < 4.78 is 0. The first-order valence-corrected chi connectivity index (χ1v) is 7.11. The Bertz CT molecular complexity index is 349. The number of nitrogens with zero attached hydrogens (tertiary/aromatic N) is 3. The van der Waals surface area contributed by atoms with Crippen molar-refractivity contribution >= 4 is 5.82 Å². The topological polar surface area (TPSA) is 41.0 Å². The highest BCUT2D eigenvalue weighted by Crippen LogP contribution is 2.22. The molecule has 1 aliphatic rings.